The Morgan fingerprint density at radius 3 is 2.61 bits per heavy atom. The monoisotopic (exact) mass is 517 g/mol. The molecule has 0 radical (unpaired) electrons. The maximum atomic E-state index is 14.6. The number of carbonyl (C=O) groups excluding carboxylic acids is 1. The summed E-state index contributed by atoms with van der Waals surface area (Å²) in [5.41, 5.74) is 3.44. The second-order valence-corrected chi connectivity index (χ2v) is 10.4. The first kappa shape index (κ1) is 24.5. The lowest BCUT2D eigenvalue weighted by Crippen LogP contribution is -2.41. The second-order valence-electron chi connectivity index (χ2n) is 10.4. The van der Waals surface area contributed by atoms with Gasteiger partial charge in [-0.3, -0.25) is 19.3 Å². The fraction of sp³-hybridized carbons (Fsp3) is 0.379. The molecule has 0 unspecified atom stereocenters. The molecule has 1 aliphatic heterocycles. The molecule has 3 aromatic heterocycles. The summed E-state index contributed by atoms with van der Waals surface area (Å²) in [6.07, 6.45) is 6.97. The summed E-state index contributed by atoms with van der Waals surface area (Å²) < 4.78 is 30.3. The lowest BCUT2D eigenvalue weighted by Gasteiger charge is -2.33. The Balaban J connectivity index is 1.15. The van der Waals surface area contributed by atoms with Gasteiger partial charge in [-0.15, -0.1) is 0 Å². The van der Waals surface area contributed by atoms with Gasteiger partial charge in [0.1, 0.15) is 0 Å². The molecule has 1 aliphatic carbocycles. The van der Waals surface area contributed by atoms with Crippen molar-refractivity contribution in [1.82, 2.24) is 24.4 Å². The number of imidazole rings is 1. The molecule has 1 N–H and O–H groups in total. The van der Waals surface area contributed by atoms with E-state index in [0.717, 1.165) is 22.8 Å². The molecule has 7 nitrogen and oxygen atoms in total. The van der Waals surface area contributed by atoms with Crippen molar-refractivity contribution in [3.63, 3.8) is 0 Å². The van der Waals surface area contributed by atoms with Gasteiger partial charge in [-0.2, -0.15) is 0 Å². The molecule has 38 heavy (non-hydrogen) atoms. The van der Waals surface area contributed by atoms with Gasteiger partial charge in [0.05, 0.1) is 5.52 Å². The number of aromatic nitrogens is 4. The molecule has 6 rings (SSSR count). The van der Waals surface area contributed by atoms with Crippen LogP contribution < -0.4 is 5.69 Å². The Kier molecular flexibility index (Phi) is 6.51. The summed E-state index contributed by atoms with van der Waals surface area (Å²) in [6.45, 7) is 1.14. The van der Waals surface area contributed by atoms with Crippen LogP contribution in [-0.4, -0.2) is 43.4 Å². The average Bonchev–Trinajstić information content (AvgIpc) is 3.16. The van der Waals surface area contributed by atoms with E-state index >= 15 is 0 Å². The van der Waals surface area contributed by atoms with Crippen LogP contribution in [0.25, 0.3) is 11.2 Å². The van der Waals surface area contributed by atoms with Crippen LogP contribution in [0.15, 0.2) is 59.7 Å². The largest absolute Gasteiger partial charge is 0.343 e. The van der Waals surface area contributed by atoms with Crippen molar-refractivity contribution >= 4 is 17.1 Å². The number of nitrogens with one attached hydrogen (secondary N) is 1. The number of benzene rings is 1. The lowest BCUT2D eigenvalue weighted by molar-refractivity contribution is -0.133. The first-order valence-electron chi connectivity index (χ1n) is 13.2. The third-order valence-electron chi connectivity index (χ3n) is 8.16. The van der Waals surface area contributed by atoms with Crippen LogP contribution in [0, 0.1) is 11.6 Å². The van der Waals surface area contributed by atoms with E-state index in [0.29, 0.717) is 62.8 Å². The van der Waals surface area contributed by atoms with E-state index in [2.05, 4.69) is 15.0 Å². The van der Waals surface area contributed by atoms with E-state index in [1.54, 1.807) is 29.1 Å². The van der Waals surface area contributed by atoms with E-state index in [1.807, 2.05) is 29.2 Å². The van der Waals surface area contributed by atoms with Crippen LogP contribution in [0.2, 0.25) is 0 Å². The van der Waals surface area contributed by atoms with Gasteiger partial charge in [-0.25, -0.2) is 18.6 Å². The zero-order valence-corrected chi connectivity index (χ0v) is 20.9. The fourth-order valence-electron chi connectivity index (χ4n) is 6.23. The molecular weight excluding hydrogens is 488 g/mol. The molecule has 9 heteroatoms. The SMILES string of the molecule is O=C(C[C@H]1CC[C@H](c2cccc(F)c2F)Cc2cccnc21)N1CCC(n2c(=O)[nH]c3ncccc32)CC1. The quantitative estimate of drug-likeness (QED) is 0.392. The maximum Gasteiger partial charge on any atom is 0.327 e. The van der Waals surface area contributed by atoms with Crippen molar-refractivity contribution in [1.29, 1.82) is 0 Å². The normalized spacial score (nSPS) is 20.3. The number of H-pyrrole nitrogens is 1. The summed E-state index contributed by atoms with van der Waals surface area (Å²) in [7, 11) is 0. The zero-order valence-electron chi connectivity index (χ0n) is 20.9. The minimum atomic E-state index is -0.834. The minimum absolute atomic E-state index is 0.00620. The summed E-state index contributed by atoms with van der Waals surface area (Å²) >= 11 is 0. The lowest BCUT2D eigenvalue weighted by atomic mass is 9.89. The summed E-state index contributed by atoms with van der Waals surface area (Å²) in [5.74, 6) is -1.81. The average molecular weight is 518 g/mol. The Morgan fingerprint density at radius 2 is 1.76 bits per heavy atom. The minimum Gasteiger partial charge on any atom is -0.343 e. The molecule has 2 aliphatic rings. The van der Waals surface area contributed by atoms with Crippen molar-refractivity contribution in [2.75, 3.05) is 13.1 Å². The van der Waals surface area contributed by atoms with Crippen molar-refractivity contribution in [2.45, 2.75) is 56.4 Å². The number of likely N-dealkylation sites (tertiary alicyclic amines) is 1. The number of rotatable bonds is 4. The maximum absolute atomic E-state index is 14.6. The highest BCUT2D eigenvalue weighted by atomic mass is 19.2. The standard InChI is InChI=1S/C29H29F2N5O2/c30-23-6-1-5-22(26(23)31)18-8-9-20(27-19(16-18)4-2-12-32-27)17-25(37)35-14-10-21(11-15-35)36-24-7-3-13-33-28(24)34-29(36)38/h1-7,12-13,18,20-21H,8-11,14-17H2,(H,33,34,38)/t18-,20+/m0/s1. The van der Waals surface area contributed by atoms with Gasteiger partial charge >= 0.3 is 5.69 Å². The van der Waals surface area contributed by atoms with E-state index in [-0.39, 0.29) is 29.5 Å². The van der Waals surface area contributed by atoms with Gasteiger partial charge in [0.15, 0.2) is 17.3 Å². The third kappa shape index (κ3) is 4.50. The van der Waals surface area contributed by atoms with Gasteiger partial charge in [-0.05, 0) is 73.4 Å². The summed E-state index contributed by atoms with van der Waals surface area (Å²) in [6, 6.07) is 11.9. The van der Waals surface area contributed by atoms with Gasteiger partial charge < -0.3 is 4.90 Å². The number of hydrogen-bond donors (Lipinski definition) is 1. The van der Waals surface area contributed by atoms with Crippen LogP contribution in [-0.2, 0) is 11.2 Å². The van der Waals surface area contributed by atoms with Crippen molar-refractivity contribution < 1.29 is 13.6 Å². The van der Waals surface area contributed by atoms with Gasteiger partial charge in [0.25, 0.3) is 0 Å². The number of pyridine rings is 2. The highest BCUT2D eigenvalue weighted by Crippen LogP contribution is 2.39. The molecule has 1 amide bonds. The third-order valence-corrected chi connectivity index (χ3v) is 8.16. The van der Waals surface area contributed by atoms with E-state index in [4.69, 9.17) is 0 Å². The number of halogens is 2. The molecule has 2 atom stereocenters. The fourth-order valence-corrected chi connectivity index (χ4v) is 6.23. The molecule has 4 heterocycles. The van der Waals surface area contributed by atoms with Gasteiger partial charge in [0, 0.05) is 49.6 Å². The number of piperidine rings is 1. The molecule has 0 spiro atoms. The van der Waals surface area contributed by atoms with Crippen LogP contribution in [0.1, 0.15) is 66.8 Å². The first-order valence-corrected chi connectivity index (χ1v) is 13.2. The molecule has 1 fully saturated rings. The topological polar surface area (TPSA) is 83.9 Å². The first-order chi connectivity index (χ1) is 18.5. The molecule has 0 saturated carbocycles. The predicted molar refractivity (Wildman–Crippen MR) is 139 cm³/mol. The highest BCUT2D eigenvalue weighted by molar-refractivity contribution is 5.77. The van der Waals surface area contributed by atoms with E-state index < -0.39 is 11.6 Å². The van der Waals surface area contributed by atoms with Crippen LogP contribution in [0.5, 0.6) is 0 Å². The van der Waals surface area contributed by atoms with Crippen LogP contribution in [0.4, 0.5) is 8.78 Å². The van der Waals surface area contributed by atoms with Gasteiger partial charge in [0.2, 0.25) is 5.91 Å². The van der Waals surface area contributed by atoms with Crippen molar-refractivity contribution in [3.8, 4) is 0 Å². The van der Waals surface area contributed by atoms with Crippen molar-refractivity contribution in [2.24, 2.45) is 0 Å². The molecule has 1 aromatic carbocycles. The van der Waals surface area contributed by atoms with E-state index in [1.165, 1.54) is 0 Å². The number of fused-ring (bicyclic) bond motifs is 2. The molecule has 4 aromatic rings. The molecule has 1 saturated heterocycles. The molecule has 196 valence electrons. The number of carbonyl (C=O) groups is 1. The molecule has 0 bridgehead atoms. The number of aromatic amines is 1. The van der Waals surface area contributed by atoms with E-state index in [9.17, 15) is 18.4 Å². The Morgan fingerprint density at radius 1 is 0.974 bits per heavy atom. The number of amides is 1. The highest BCUT2D eigenvalue weighted by Gasteiger charge is 2.32. The Hall–Kier alpha value is -3.88. The Labute approximate surface area is 218 Å². The smallest absolute Gasteiger partial charge is 0.327 e. The van der Waals surface area contributed by atoms with Gasteiger partial charge in [-0.1, -0.05) is 18.2 Å². The summed E-state index contributed by atoms with van der Waals surface area (Å²) in [5, 5.41) is 0. The van der Waals surface area contributed by atoms with Crippen LogP contribution >= 0.6 is 0 Å². The van der Waals surface area contributed by atoms with Crippen molar-refractivity contribution in [3.05, 3.63) is 93.8 Å². The van der Waals surface area contributed by atoms with Crippen LogP contribution in [0.3, 0.4) is 0 Å². The number of hydrogen-bond acceptors (Lipinski definition) is 4. The second kappa shape index (κ2) is 10.1. The Bertz CT molecular complexity index is 1540. The number of nitrogens with zero attached hydrogens (tertiary/aromatic N) is 4. The summed E-state index contributed by atoms with van der Waals surface area (Å²) in [4.78, 5) is 39.5. The molecular formula is C29H29F2N5O2. The predicted octanol–water partition coefficient (Wildman–Crippen LogP) is 4.86. The zero-order chi connectivity index (χ0) is 26.2.